The van der Waals surface area contributed by atoms with Crippen LogP contribution in [-0.4, -0.2) is 49.1 Å². The summed E-state index contributed by atoms with van der Waals surface area (Å²) >= 11 is 0. The Balaban J connectivity index is 1.58. The van der Waals surface area contributed by atoms with Gasteiger partial charge >= 0.3 is 0 Å². The second kappa shape index (κ2) is 5.64. The number of nitrogens with zero attached hydrogens (tertiary/aromatic N) is 2. The second-order valence-corrected chi connectivity index (χ2v) is 6.74. The summed E-state index contributed by atoms with van der Waals surface area (Å²) in [6.45, 7) is 4.26. The van der Waals surface area contributed by atoms with E-state index in [1.165, 1.54) is 12.8 Å². The summed E-state index contributed by atoms with van der Waals surface area (Å²) in [6.07, 6.45) is 3.23. The highest BCUT2D eigenvalue weighted by Crippen LogP contribution is 2.37. The molecule has 23 heavy (non-hydrogen) atoms. The molecule has 0 spiro atoms. The second-order valence-electron chi connectivity index (χ2n) is 6.74. The van der Waals surface area contributed by atoms with Crippen molar-refractivity contribution in [1.82, 2.24) is 4.90 Å². The lowest BCUT2D eigenvalue weighted by molar-refractivity contribution is -0.116. The van der Waals surface area contributed by atoms with Gasteiger partial charge in [0.15, 0.2) is 0 Å². The smallest absolute Gasteiger partial charge is 0.254 e. The Morgan fingerprint density at radius 2 is 2.04 bits per heavy atom. The van der Waals surface area contributed by atoms with Crippen molar-refractivity contribution in [3.8, 4) is 0 Å². The van der Waals surface area contributed by atoms with E-state index in [1.807, 2.05) is 23.1 Å². The van der Waals surface area contributed by atoms with Gasteiger partial charge in [-0.25, -0.2) is 0 Å². The Bertz CT molecular complexity index is 654. The third-order valence-corrected chi connectivity index (χ3v) is 5.19. The number of carbonyl (C=O) groups excluding carboxylic acids is 2. The molecular formula is C18H22N2O3. The number of hydrogen-bond donors (Lipinski definition) is 0. The molecule has 3 aliphatic rings. The third kappa shape index (κ3) is 2.63. The molecule has 1 saturated carbocycles. The van der Waals surface area contributed by atoms with Gasteiger partial charge in [-0.05, 0) is 48.9 Å². The predicted molar refractivity (Wildman–Crippen MR) is 86.5 cm³/mol. The van der Waals surface area contributed by atoms with E-state index in [9.17, 15) is 9.59 Å². The van der Waals surface area contributed by atoms with Gasteiger partial charge in [-0.15, -0.1) is 0 Å². The Morgan fingerprint density at radius 1 is 1.22 bits per heavy atom. The van der Waals surface area contributed by atoms with Gasteiger partial charge in [0, 0.05) is 31.3 Å². The summed E-state index contributed by atoms with van der Waals surface area (Å²) in [5, 5.41) is 0. The van der Waals surface area contributed by atoms with Crippen LogP contribution < -0.4 is 4.90 Å². The Morgan fingerprint density at radius 3 is 2.78 bits per heavy atom. The van der Waals surface area contributed by atoms with Gasteiger partial charge in [-0.3, -0.25) is 9.59 Å². The molecule has 1 saturated heterocycles. The van der Waals surface area contributed by atoms with Crippen LogP contribution >= 0.6 is 0 Å². The van der Waals surface area contributed by atoms with Crippen LogP contribution in [0.3, 0.4) is 0 Å². The summed E-state index contributed by atoms with van der Waals surface area (Å²) < 4.78 is 5.58. The van der Waals surface area contributed by atoms with E-state index in [4.69, 9.17) is 4.74 Å². The third-order valence-electron chi connectivity index (χ3n) is 5.19. The van der Waals surface area contributed by atoms with Crippen LogP contribution in [0.15, 0.2) is 18.2 Å². The monoisotopic (exact) mass is 314 g/mol. The van der Waals surface area contributed by atoms with E-state index in [-0.39, 0.29) is 17.9 Å². The van der Waals surface area contributed by atoms with Gasteiger partial charge < -0.3 is 14.5 Å². The molecule has 2 fully saturated rings. The molecule has 5 nitrogen and oxygen atoms in total. The molecule has 1 aromatic rings. The number of amides is 2. The standard InChI is InChI=1S/C18H22N2O3/c1-12(21)19-7-6-14-10-15(4-5-16(14)19)18(22)20-8-9-23-11-17(20)13-2-3-13/h4-5,10,13,17H,2-3,6-9,11H2,1H3. The van der Waals surface area contributed by atoms with E-state index in [0.29, 0.717) is 32.2 Å². The van der Waals surface area contributed by atoms with E-state index >= 15 is 0 Å². The molecule has 0 radical (unpaired) electrons. The fourth-order valence-corrected chi connectivity index (χ4v) is 3.77. The van der Waals surface area contributed by atoms with Crippen LogP contribution in [0.5, 0.6) is 0 Å². The molecule has 2 amide bonds. The molecule has 4 rings (SSSR count). The minimum atomic E-state index is 0.0600. The quantitative estimate of drug-likeness (QED) is 0.837. The minimum absolute atomic E-state index is 0.0600. The highest BCUT2D eigenvalue weighted by Gasteiger charge is 2.39. The summed E-state index contributed by atoms with van der Waals surface area (Å²) in [7, 11) is 0. The molecular weight excluding hydrogens is 292 g/mol. The lowest BCUT2D eigenvalue weighted by atomic mass is 10.0. The summed E-state index contributed by atoms with van der Waals surface area (Å²) in [4.78, 5) is 28.4. The molecule has 0 aromatic heterocycles. The van der Waals surface area contributed by atoms with Gasteiger partial charge in [-0.2, -0.15) is 0 Å². The van der Waals surface area contributed by atoms with Gasteiger partial charge in [0.2, 0.25) is 5.91 Å². The zero-order valence-electron chi connectivity index (χ0n) is 13.5. The Labute approximate surface area is 136 Å². The fourth-order valence-electron chi connectivity index (χ4n) is 3.77. The van der Waals surface area contributed by atoms with Crippen molar-refractivity contribution in [2.24, 2.45) is 5.92 Å². The first kappa shape index (κ1) is 14.7. The van der Waals surface area contributed by atoms with Crippen LogP contribution in [0.4, 0.5) is 5.69 Å². The molecule has 1 atom stereocenters. The Hall–Kier alpha value is -1.88. The lowest BCUT2D eigenvalue weighted by Gasteiger charge is -2.36. The van der Waals surface area contributed by atoms with Crippen molar-refractivity contribution in [3.05, 3.63) is 29.3 Å². The van der Waals surface area contributed by atoms with E-state index in [0.717, 1.165) is 23.2 Å². The predicted octanol–water partition coefficient (Wildman–Crippen LogP) is 1.85. The minimum Gasteiger partial charge on any atom is -0.377 e. The van der Waals surface area contributed by atoms with Gasteiger partial charge in [0.05, 0.1) is 19.3 Å². The van der Waals surface area contributed by atoms with E-state index in [2.05, 4.69) is 0 Å². The van der Waals surface area contributed by atoms with Gasteiger partial charge in [-0.1, -0.05) is 0 Å². The number of morpholine rings is 1. The van der Waals surface area contributed by atoms with Crippen molar-refractivity contribution in [3.63, 3.8) is 0 Å². The summed E-state index contributed by atoms with van der Waals surface area (Å²) in [5.74, 6) is 0.779. The molecule has 0 bridgehead atoms. The van der Waals surface area contributed by atoms with Crippen LogP contribution in [0.1, 0.15) is 35.7 Å². The maximum atomic E-state index is 12.9. The normalized spacial score (nSPS) is 23.8. The maximum absolute atomic E-state index is 12.9. The Kier molecular flexibility index (Phi) is 3.60. The largest absolute Gasteiger partial charge is 0.377 e. The molecule has 0 N–H and O–H groups in total. The van der Waals surface area contributed by atoms with E-state index < -0.39 is 0 Å². The van der Waals surface area contributed by atoms with Crippen molar-refractivity contribution in [1.29, 1.82) is 0 Å². The number of rotatable bonds is 2. The zero-order valence-corrected chi connectivity index (χ0v) is 13.5. The highest BCUT2D eigenvalue weighted by atomic mass is 16.5. The highest BCUT2D eigenvalue weighted by molar-refractivity contribution is 5.98. The number of fused-ring (bicyclic) bond motifs is 1. The maximum Gasteiger partial charge on any atom is 0.254 e. The topological polar surface area (TPSA) is 49.9 Å². The molecule has 2 heterocycles. The van der Waals surface area contributed by atoms with Gasteiger partial charge in [0.25, 0.3) is 5.91 Å². The molecule has 2 aliphatic heterocycles. The van der Waals surface area contributed by atoms with Crippen molar-refractivity contribution < 1.29 is 14.3 Å². The van der Waals surface area contributed by atoms with Crippen LogP contribution in [0, 0.1) is 5.92 Å². The first-order chi connectivity index (χ1) is 11.1. The van der Waals surface area contributed by atoms with Crippen molar-refractivity contribution in [2.45, 2.75) is 32.2 Å². The van der Waals surface area contributed by atoms with Crippen LogP contribution in [-0.2, 0) is 16.0 Å². The van der Waals surface area contributed by atoms with Crippen LogP contribution in [0.25, 0.3) is 0 Å². The summed E-state index contributed by atoms with van der Waals surface area (Å²) in [5.41, 5.74) is 2.79. The fraction of sp³-hybridized carbons (Fsp3) is 0.556. The SMILES string of the molecule is CC(=O)N1CCc2cc(C(=O)N3CCOCC3C3CC3)ccc21. The average Bonchev–Trinajstić information content (AvgIpc) is 3.32. The van der Waals surface area contributed by atoms with E-state index in [1.54, 1.807) is 11.8 Å². The number of ether oxygens (including phenoxy) is 1. The van der Waals surface area contributed by atoms with Crippen LogP contribution in [0.2, 0.25) is 0 Å². The zero-order chi connectivity index (χ0) is 16.0. The molecule has 1 aromatic carbocycles. The first-order valence-electron chi connectivity index (χ1n) is 8.45. The lowest BCUT2D eigenvalue weighted by Crippen LogP contribution is -2.49. The number of carbonyl (C=O) groups is 2. The molecule has 1 unspecified atom stereocenters. The van der Waals surface area contributed by atoms with Gasteiger partial charge in [0.1, 0.15) is 0 Å². The number of hydrogen-bond acceptors (Lipinski definition) is 3. The molecule has 122 valence electrons. The molecule has 1 aliphatic carbocycles. The summed E-state index contributed by atoms with van der Waals surface area (Å²) in [6, 6.07) is 5.99. The van der Waals surface area contributed by atoms with Crippen molar-refractivity contribution in [2.75, 3.05) is 31.2 Å². The molecule has 5 heteroatoms. The number of benzene rings is 1. The first-order valence-corrected chi connectivity index (χ1v) is 8.45. The average molecular weight is 314 g/mol. The number of anilines is 1. The van der Waals surface area contributed by atoms with Crippen molar-refractivity contribution >= 4 is 17.5 Å².